The number of hydrogen-bond donors (Lipinski definition) is 0. The molecule has 168 valence electrons. The normalized spacial score (nSPS) is 16.9. The lowest BCUT2D eigenvalue weighted by atomic mass is 10.1. The first-order valence-electron chi connectivity index (χ1n) is 10.7. The van der Waals surface area contributed by atoms with Crippen LogP contribution in [-0.2, 0) is 11.2 Å². The molecule has 0 radical (unpaired) electrons. The van der Waals surface area contributed by atoms with Crippen LogP contribution in [0.1, 0.15) is 28.4 Å². The number of carbonyl (C=O) groups excluding carboxylic acids is 3. The van der Waals surface area contributed by atoms with E-state index in [0.29, 0.717) is 26.2 Å². The summed E-state index contributed by atoms with van der Waals surface area (Å²) in [5.74, 6) is -0.542. The molecule has 0 aliphatic carbocycles. The first kappa shape index (κ1) is 21.7. The molecule has 32 heavy (non-hydrogen) atoms. The van der Waals surface area contributed by atoms with Crippen LogP contribution in [0.3, 0.4) is 0 Å². The minimum absolute atomic E-state index is 0.0462. The van der Waals surface area contributed by atoms with Crippen molar-refractivity contribution in [1.29, 1.82) is 0 Å². The monoisotopic (exact) mass is 439 g/mol. The van der Waals surface area contributed by atoms with E-state index in [1.807, 2.05) is 13.1 Å². The second-order valence-corrected chi connectivity index (χ2v) is 8.10. The maximum atomic E-state index is 14.8. The molecule has 4 rings (SSSR count). The van der Waals surface area contributed by atoms with Gasteiger partial charge in [0.1, 0.15) is 18.2 Å². The molecule has 1 aromatic heterocycles. The van der Waals surface area contributed by atoms with Gasteiger partial charge in [-0.2, -0.15) is 0 Å². The molecule has 2 aromatic rings. The second kappa shape index (κ2) is 8.57. The molecule has 2 aliphatic heterocycles. The van der Waals surface area contributed by atoms with E-state index in [1.165, 1.54) is 29.6 Å². The standard InChI is InChI=1S/C23H26FN5O3/c1-4-16-11-15(2)21(25-13-16)27-7-9-28(10-8-27)22(31)18-6-5-17(12-19(18)24)29-14-20(30)26(3)23(29)32/h5-6,11-13H,4,7-10,14H2,1-3H3. The molecular formula is C23H26FN5O3. The topological polar surface area (TPSA) is 77.1 Å². The highest BCUT2D eigenvalue weighted by molar-refractivity contribution is 6.12. The highest BCUT2D eigenvalue weighted by atomic mass is 19.1. The number of aromatic nitrogens is 1. The van der Waals surface area contributed by atoms with Crippen molar-refractivity contribution in [2.45, 2.75) is 20.3 Å². The van der Waals surface area contributed by atoms with Gasteiger partial charge in [0, 0.05) is 45.1 Å². The number of pyridine rings is 1. The number of carbonyl (C=O) groups is 3. The summed E-state index contributed by atoms with van der Waals surface area (Å²) in [6.07, 6.45) is 2.81. The third kappa shape index (κ3) is 3.90. The Morgan fingerprint density at radius 2 is 1.84 bits per heavy atom. The highest BCUT2D eigenvalue weighted by Gasteiger charge is 2.34. The van der Waals surface area contributed by atoms with Crippen LogP contribution in [0, 0.1) is 12.7 Å². The van der Waals surface area contributed by atoms with Crippen LogP contribution < -0.4 is 9.80 Å². The van der Waals surface area contributed by atoms with Crippen molar-refractivity contribution in [2.75, 3.05) is 49.6 Å². The van der Waals surface area contributed by atoms with Gasteiger partial charge in [0.2, 0.25) is 5.91 Å². The van der Waals surface area contributed by atoms with Crippen LogP contribution in [0.15, 0.2) is 30.5 Å². The summed E-state index contributed by atoms with van der Waals surface area (Å²) in [5, 5.41) is 0. The molecule has 4 amide bonds. The molecular weight excluding hydrogens is 413 g/mol. The number of rotatable bonds is 4. The van der Waals surface area contributed by atoms with Crippen molar-refractivity contribution in [3.8, 4) is 0 Å². The van der Waals surface area contributed by atoms with Crippen molar-refractivity contribution in [1.82, 2.24) is 14.8 Å². The first-order valence-corrected chi connectivity index (χ1v) is 10.7. The molecule has 2 fully saturated rings. The number of nitrogens with zero attached hydrogens (tertiary/aromatic N) is 5. The minimum Gasteiger partial charge on any atom is -0.353 e. The van der Waals surface area contributed by atoms with E-state index in [4.69, 9.17) is 0 Å². The van der Waals surface area contributed by atoms with E-state index in [-0.39, 0.29) is 29.6 Å². The van der Waals surface area contributed by atoms with Gasteiger partial charge in [-0.3, -0.25) is 19.4 Å². The predicted octanol–water partition coefficient (Wildman–Crippen LogP) is 2.45. The zero-order valence-electron chi connectivity index (χ0n) is 18.5. The number of likely N-dealkylation sites (N-methyl/N-ethyl adjacent to an activating group) is 1. The number of anilines is 2. The van der Waals surface area contributed by atoms with Crippen molar-refractivity contribution in [3.05, 3.63) is 53.0 Å². The number of hydrogen-bond acceptors (Lipinski definition) is 5. The molecule has 3 heterocycles. The lowest BCUT2D eigenvalue weighted by molar-refractivity contribution is -0.123. The number of imide groups is 1. The maximum Gasteiger partial charge on any atom is 0.331 e. The SMILES string of the molecule is CCc1cnc(N2CCN(C(=O)c3ccc(N4CC(=O)N(C)C4=O)cc3F)CC2)c(C)c1. The zero-order valence-corrected chi connectivity index (χ0v) is 18.5. The summed E-state index contributed by atoms with van der Waals surface area (Å²) in [5.41, 5.74) is 2.50. The van der Waals surface area contributed by atoms with Crippen LogP contribution >= 0.6 is 0 Å². The lowest BCUT2D eigenvalue weighted by Crippen LogP contribution is -2.49. The highest BCUT2D eigenvalue weighted by Crippen LogP contribution is 2.25. The Kier molecular flexibility index (Phi) is 5.82. The van der Waals surface area contributed by atoms with Crippen molar-refractivity contribution in [3.63, 3.8) is 0 Å². The molecule has 8 nitrogen and oxygen atoms in total. The summed E-state index contributed by atoms with van der Waals surface area (Å²) >= 11 is 0. The Labute approximate surface area is 186 Å². The Morgan fingerprint density at radius 3 is 2.41 bits per heavy atom. The Morgan fingerprint density at radius 1 is 1.12 bits per heavy atom. The number of piperazine rings is 1. The lowest BCUT2D eigenvalue weighted by Gasteiger charge is -2.36. The van der Waals surface area contributed by atoms with Gasteiger partial charge in [0.05, 0.1) is 5.56 Å². The molecule has 0 bridgehead atoms. The minimum atomic E-state index is -0.711. The largest absolute Gasteiger partial charge is 0.353 e. The van der Waals surface area contributed by atoms with Gasteiger partial charge >= 0.3 is 6.03 Å². The van der Waals surface area contributed by atoms with Crippen LogP contribution in [-0.4, -0.2) is 72.4 Å². The predicted molar refractivity (Wildman–Crippen MR) is 118 cm³/mol. The molecule has 2 saturated heterocycles. The Balaban J connectivity index is 1.43. The van der Waals surface area contributed by atoms with E-state index in [2.05, 4.69) is 22.9 Å². The van der Waals surface area contributed by atoms with E-state index < -0.39 is 11.8 Å². The van der Waals surface area contributed by atoms with Crippen LogP contribution in [0.5, 0.6) is 0 Å². The molecule has 0 spiro atoms. The fraction of sp³-hybridized carbons (Fsp3) is 0.391. The van der Waals surface area contributed by atoms with Crippen LogP contribution in [0.2, 0.25) is 0 Å². The number of halogens is 1. The average molecular weight is 439 g/mol. The third-order valence-corrected chi connectivity index (χ3v) is 6.06. The van der Waals surface area contributed by atoms with Gasteiger partial charge in [0.15, 0.2) is 0 Å². The van der Waals surface area contributed by atoms with E-state index >= 15 is 0 Å². The summed E-state index contributed by atoms with van der Waals surface area (Å²) < 4.78 is 14.8. The molecule has 0 N–H and O–H groups in total. The first-order chi connectivity index (χ1) is 15.3. The van der Waals surface area contributed by atoms with Gasteiger partial charge in [-0.1, -0.05) is 13.0 Å². The number of amides is 4. The molecule has 0 atom stereocenters. The molecule has 2 aliphatic rings. The fourth-order valence-electron chi connectivity index (χ4n) is 4.09. The van der Waals surface area contributed by atoms with Crippen molar-refractivity contribution < 1.29 is 18.8 Å². The summed E-state index contributed by atoms with van der Waals surface area (Å²) in [7, 11) is 1.38. The van der Waals surface area contributed by atoms with Crippen LogP contribution in [0.25, 0.3) is 0 Å². The van der Waals surface area contributed by atoms with E-state index in [0.717, 1.165) is 28.8 Å². The third-order valence-electron chi connectivity index (χ3n) is 6.06. The summed E-state index contributed by atoms with van der Waals surface area (Å²) in [4.78, 5) is 47.3. The van der Waals surface area contributed by atoms with Gasteiger partial charge in [-0.25, -0.2) is 14.2 Å². The van der Waals surface area contributed by atoms with Gasteiger partial charge in [-0.05, 0) is 42.7 Å². The van der Waals surface area contributed by atoms with Gasteiger partial charge in [-0.15, -0.1) is 0 Å². The molecule has 0 unspecified atom stereocenters. The molecule has 1 aromatic carbocycles. The average Bonchev–Trinajstić information content (AvgIpc) is 3.06. The Bertz CT molecular complexity index is 1080. The maximum absolute atomic E-state index is 14.8. The van der Waals surface area contributed by atoms with E-state index in [9.17, 15) is 18.8 Å². The summed E-state index contributed by atoms with van der Waals surface area (Å²) in [6, 6.07) is 5.63. The molecule has 9 heteroatoms. The van der Waals surface area contributed by atoms with Crippen molar-refractivity contribution in [2.24, 2.45) is 0 Å². The van der Waals surface area contributed by atoms with Gasteiger partial charge < -0.3 is 9.80 Å². The quantitative estimate of drug-likeness (QED) is 0.684. The molecule has 0 saturated carbocycles. The fourth-order valence-corrected chi connectivity index (χ4v) is 4.09. The van der Waals surface area contributed by atoms with Crippen LogP contribution in [0.4, 0.5) is 20.7 Å². The summed E-state index contributed by atoms with van der Waals surface area (Å²) in [6.45, 7) is 6.13. The van der Waals surface area contributed by atoms with E-state index in [1.54, 1.807) is 4.90 Å². The number of aryl methyl sites for hydroxylation is 2. The smallest absolute Gasteiger partial charge is 0.331 e. The van der Waals surface area contributed by atoms with Gasteiger partial charge in [0.25, 0.3) is 5.91 Å². The zero-order chi connectivity index (χ0) is 23.0. The van der Waals surface area contributed by atoms with Crippen molar-refractivity contribution >= 4 is 29.4 Å². The second-order valence-electron chi connectivity index (χ2n) is 8.10. The Hall–Kier alpha value is -3.49. The number of benzene rings is 1. The number of urea groups is 1.